The van der Waals surface area contributed by atoms with Crippen molar-refractivity contribution in [3.8, 4) is 0 Å². The monoisotopic (exact) mass is 343 g/mol. The Hall–Kier alpha value is -1.90. The van der Waals surface area contributed by atoms with Crippen LogP contribution in [-0.4, -0.2) is 34.3 Å². The molecule has 0 aromatic carbocycles. The Bertz CT molecular complexity index is 655. The van der Waals surface area contributed by atoms with Gasteiger partial charge < -0.3 is 10.2 Å². The lowest BCUT2D eigenvalue weighted by Crippen LogP contribution is -2.42. The van der Waals surface area contributed by atoms with Crippen molar-refractivity contribution in [2.45, 2.75) is 32.0 Å². The second kappa shape index (κ2) is 6.31. The Morgan fingerprint density at radius 2 is 2.13 bits per heavy atom. The van der Waals surface area contributed by atoms with Crippen LogP contribution in [0.3, 0.4) is 0 Å². The van der Waals surface area contributed by atoms with Crippen LogP contribution in [0.15, 0.2) is 18.3 Å². The molecule has 1 atom stereocenters. The van der Waals surface area contributed by atoms with Crippen LogP contribution in [0.5, 0.6) is 0 Å². The number of halogens is 3. The van der Waals surface area contributed by atoms with Gasteiger partial charge in [0.15, 0.2) is 10.9 Å². The van der Waals surface area contributed by atoms with Crippen molar-refractivity contribution in [2.24, 2.45) is 0 Å². The van der Waals surface area contributed by atoms with Crippen LogP contribution in [0.1, 0.15) is 23.4 Å². The maximum absolute atomic E-state index is 12.6. The highest BCUT2D eigenvalue weighted by Gasteiger charge is 2.33. The zero-order valence-corrected chi connectivity index (χ0v) is 13.3. The third-order valence-corrected chi connectivity index (χ3v) is 4.62. The first-order valence-electron chi connectivity index (χ1n) is 7.26. The molecule has 2 aromatic heterocycles. The first kappa shape index (κ1) is 16.0. The standard InChI is InChI=1S/C14H16F3N5S/c1-9-4-5-12(21-20-9)22-6-2-3-10(8-22)19-13-18-7-11(23-13)14(15,16)17/h4-5,7,10H,2-3,6,8H2,1H3,(H,18,19)/t10-/m0/s1. The highest BCUT2D eigenvalue weighted by atomic mass is 32.1. The molecule has 23 heavy (non-hydrogen) atoms. The van der Waals surface area contributed by atoms with Gasteiger partial charge in [-0.1, -0.05) is 11.3 Å². The van der Waals surface area contributed by atoms with Gasteiger partial charge in [-0.15, -0.1) is 5.10 Å². The second-order valence-corrected chi connectivity index (χ2v) is 6.52. The molecule has 1 aliphatic heterocycles. The zero-order chi connectivity index (χ0) is 16.4. The molecule has 3 rings (SSSR count). The fourth-order valence-electron chi connectivity index (χ4n) is 2.51. The second-order valence-electron chi connectivity index (χ2n) is 5.49. The normalized spacial score (nSPS) is 19.0. The quantitative estimate of drug-likeness (QED) is 0.926. The molecule has 1 fully saturated rings. The van der Waals surface area contributed by atoms with Gasteiger partial charge in [0.2, 0.25) is 0 Å². The van der Waals surface area contributed by atoms with E-state index in [0.29, 0.717) is 23.0 Å². The summed E-state index contributed by atoms with van der Waals surface area (Å²) < 4.78 is 37.8. The number of piperidine rings is 1. The summed E-state index contributed by atoms with van der Waals surface area (Å²) in [6, 6.07) is 3.85. The van der Waals surface area contributed by atoms with Gasteiger partial charge in [-0.25, -0.2) is 4.98 Å². The summed E-state index contributed by atoms with van der Waals surface area (Å²) in [6.07, 6.45) is -1.64. The number of aryl methyl sites for hydroxylation is 1. The molecular formula is C14H16F3N5S. The molecule has 9 heteroatoms. The minimum absolute atomic E-state index is 0.0408. The number of rotatable bonds is 3. The fourth-order valence-corrected chi connectivity index (χ4v) is 3.27. The largest absolute Gasteiger partial charge is 0.427 e. The van der Waals surface area contributed by atoms with Gasteiger partial charge in [0.05, 0.1) is 11.9 Å². The minimum atomic E-state index is -4.34. The number of alkyl halides is 3. The summed E-state index contributed by atoms with van der Waals surface area (Å²) >= 11 is 0.639. The smallest absolute Gasteiger partial charge is 0.357 e. The Morgan fingerprint density at radius 1 is 1.30 bits per heavy atom. The van der Waals surface area contributed by atoms with E-state index in [1.54, 1.807) is 0 Å². The molecule has 1 N–H and O–H groups in total. The molecule has 0 radical (unpaired) electrons. The summed E-state index contributed by atoms with van der Waals surface area (Å²) in [5.74, 6) is 0.789. The molecule has 0 saturated carbocycles. The van der Waals surface area contributed by atoms with Crippen LogP contribution in [0, 0.1) is 6.92 Å². The lowest BCUT2D eigenvalue weighted by atomic mass is 10.1. The number of hydrogen-bond acceptors (Lipinski definition) is 6. The molecule has 1 saturated heterocycles. The minimum Gasteiger partial charge on any atom is -0.357 e. The van der Waals surface area contributed by atoms with E-state index >= 15 is 0 Å². The van der Waals surface area contributed by atoms with Crippen LogP contribution >= 0.6 is 11.3 Å². The number of anilines is 2. The average Bonchev–Trinajstić information content (AvgIpc) is 2.97. The molecule has 5 nitrogen and oxygen atoms in total. The van der Waals surface area contributed by atoms with E-state index in [1.807, 2.05) is 19.1 Å². The number of thiazole rings is 1. The number of nitrogens with one attached hydrogen (secondary N) is 1. The molecule has 0 spiro atoms. The summed E-state index contributed by atoms with van der Waals surface area (Å²) in [7, 11) is 0. The Morgan fingerprint density at radius 3 is 2.78 bits per heavy atom. The summed E-state index contributed by atoms with van der Waals surface area (Å²) in [5.41, 5.74) is 0.850. The van der Waals surface area contributed by atoms with Crippen molar-refractivity contribution < 1.29 is 13.2 Å². The predicted octanol–water partition coefficient (Wildman–Crippen LogP) is 3.34. The van der Waals surface area contributed by atoms with Crippen molar-refractivity contribution in [1.82, 2.24) is 15.2 Å². The van der Waals surface area contributed by atoms with Crippen LogP contribution in [-0.2, 0) is 6.18 Å². The van der Waals surface area contributed by atoms with E-state index in [2.05, 4.69) is 25.4 Å². The van der Waals surface area contributed by atoms with Crippen molar-refractivity contribution >= 4 is 22.3 Å². The van der Waals surface area contributed by atoms with Crippen LogP contribution in [0.25, 0.3) is 0 Å². The maximum Gasteiger partial charge on any atom is 0.427 e. The molecule has 0 bridgehead atoms. The van der Waals surface area contributed by atoms with E-state index in [1.165, 1.54) is 0 Å². The number of aromatic nitrogens is 3. The fraction of sp³-hybridized carbons (Fsp3) is 0.500. The van der Waals surface area contributed by atoms with Crippen molar-refractivity contribution in [3.05, 3.63) is 28.9 Å². The van der Waals surface area contributed by atoms with Crippen molar-refractivity contribution in [2.75, 3.05) is 23.3 Å². The van der Waals surface area contributed by atoms with Gasteiger partial charge in [0, 0.05) is 19.1 Å². The predicted molar refractivity (Wildman–Crippen MR) is 82.7 cm³/mol. The first-order valence-corrected chi connectivity index (χ1v) is 8.08. The Kier molecular flexibility index (Phi) is 4.38. The lowest BCUT2D eigenvalue weighted by molar-refractivity contribution is -0.134. The van der Waals surface area contributed by atoms with E-state index in [9.17, 15) is 13.2 Å². The highest BCUT2D eigenvalue weighted by Crippen LogP contribution is 2.35. The van der Waals surface area contributed by atoms with E-state index < -0.39 is 11.1 Å². The van der Waals surface area contributed by atoms with Crippen molar-refractivity contribution in [1.29, 1.82) is 0 Å². The summed E-state index contributed by atoms with van der Waals surface area (Å²) in [4.78, 5) is 5.23. The highest BCUT2D eigenvalue weighted by molar-refractivity contribution is 7.15. The van der Waals surface area contributed by atoms with Gasteiger partial charge in [-0.2, -0.15) is 18.3 Å². The third-order valence-electron chi connectivity index (χ3n) is 3.64. The molecule has 124 valence electrons. The van der Waals surface area contributed by atoms with E-state index in [4.69, 9.17) is 0 Å². The molecule has 0 amide bonds. The van der Waals surface area contributed by atoms with E-state index in [0.717, 1.165) is 37.1 Å². The average molecular weight is 343 g/mol. The van der Waals surface area contributed by atoms with Crippen LogP contribution in [0.4, 0.5) is 24.1 Å². The lowest BCUT2D eigenvalue weighted by Gasteiger charge is -2.33. The number of hydrogen-bond donors (Lipinski definition) is 1. The third kappa shape index (κ3) is 3.90. The van der Waals surface area contributed by atoms with Crippen LogP contribution < -0.4 is 10.2 Å². The van der Waals surface area contributed by atoms with E-state index in [-0.39, 0.29) is 6.04 Å². The van der Waals surface area contributed by atoms with Crippen LogP contribution in [0.2, 0.25) is 0 Å². The number of nitrogens with zero attached hydrogens (tertiary/aromatic N) is 4. The molecule has 0 aliphatic carbocycles. The van der Waals surface area contributed by atoms with Gasteiger partial charge in [0.1, 0.15) is 4.88 Å². The van der Waals surface area contributed by atoms with Crippen molar-refractivity contribution in [3.63, 3.8) is 0 Å². The molecular weight excluding hydrogens is 327 g/mol. The SMILES string of the molecule is Cc1ccc(N2CCC[C@H](Nc3ncc(C(F)(F)F)s3)C2)nn1. The van der Waals surface area contributed by atoms with Gasteiger partial charge >= 0.3 is 6.18 Å². The maximum atomic E-state index is 12.6. The first-order chi connectivity index (χ1) is 10.9. The Balaban J connectivity index is 1.64. The van der Waals surface area contributed by atoms with Gasteiger partial charge in [0.25, 0.3) is 0 Å². The summed E-state index contributed by atoms with van der Waals surface area (Å²) in [5, 5.41) is 11.6. The molecule has 2 aromatic rings. The van der Waals surface area contributed by atoms with Gasteiger partial charge in [-0.3, -0.25) is 0 Å². The molecule has 1 aliphatic rings. The topological polar surface area (TPSA) is 53.9 Å². The Labute approximate surface area is 135 Å². The molecule has 3 heterocycles. The van der Waals surface area contributed by atoms with Gasteiger partial charge in [-0.05, 0) is 31.9 Å². The molecule has 0 unspecified atom stereocenters. The zero-order valence-electron chi connectivity index (χ0n) is 12.5. The summed E-state index contributed by atoms with van der Waals surface area (Å²) in [6.45, 7) is 3.40.